The van der Waals surface area contributed by atoms with Crippen molar-refractivity contribution in [2.75, 3.05) is 10.6 Å². The summed E-state index contributed by atoms with van der Waals surface area (Å²) in [4.78, 5) is 56.2. The fourth-order valence-electron chi connectivity index (χ4n) is 5.27. The van der Waals surface area contributed by atoms with Crippen molar-refractivity contribution < 1.29 is 24.0 Å². The highest BCUT2D eigenvalue weighted by atomic mass is 32.2. The number of nitrogens with one attached hydrogen (secondary N) is 3. The molecule has 6 rings (SSSR count). The summed E-state index contributed by atoms with van der Waals surface area (Å²) in [5.74, 6) is -0.579. The van der Waals surface area contributed by atoms with Crippen LogP contribution in [0.2, 0.25) is 0 Å². The van der Waals surface area contributed by atoms with Crippen LogP contribution in [0.1, 0.15) is 34.8 Å². The zero-order chi connectivity index (χ0) is 38.6. The van der Waals surface area contributed by atoms with Crippen LogP contribution in [-0.4, -0.2) is 32.9 Å². The van der Waals surface area contributed by atoms with Crippen LogP contribution in [0, 0.1) is 10.1 Å². The molecule has 11 nitrogen and oxygen atoms in total. The number of carbonyl (C=O) groups excluding carboxylic acids is 3. The molecule has 0 radical (unpaired) electrons. The van der Waals surface area contributed by atoms with Crippen LogP contribution < -0.4 is 20.7 Å². The lowest BCUT2D eigenvalue weighted by Gasteiger charge is -2.15. The standard InChI is InChI=1S/C42H35N5O6S2/c1-2-38(41(50)46-42-45-37(27-54-42)31-15-9-17-33(24-31)47(51)52)55-35-18-10-16-32(25-35)43-40(49)36(44-39(48)30-13-7-4-8-14-30)23-28-19-21-34(22-20-28)53-26-29-11-5-3-6-12-29/h3-25,27,38H,2,26H2,1H3,(H,43,49)(H,44,48)(H,45,46,50)/b36-23-. The molecular weight excluding hydrogens is 735 g/mol. The summed E-state index contributed by atoms with van der Waals surface area (Å²) in [6.07, 6.45) is 2.10. The fourth-order valence-corrected chi connectivity index (χ4v) is 7.01. The largest absolute Gasteiger partial charge is 0.489 e. The van der Waals surface area contributed by atoms with Gasteiger partial charge >= 0.3 is 0 Å². The maximum atomic E-state index is 13.7. The molecule has 0 aliphatic heterocycles. The van der Waals surface area contributed by atoms with E-state index in [0.717, 1.165) is 10.5 Å². The Hall–Kier alpha value is -6.57. The Balaban J connectivity index is 1.13. The number of anilines is 2. The SMILES string of the molecule is CCC(Sc1cccc(NC(=O)/C(=C/c2ccc(OCc3ccccc3)cc2)NC(=O)c2ccccc2)c1)C(=O)Nc1nc(-c2cccc([N+](=O)[O-])c2)cs1. The van der Waals surface area contributed by atoms with Crippen molar-refractivity contribution in [2.45, 2.75) is 30.1 Å². The zero-order valence-corrected chi connectivity index (χ0v) is 31.1. The Labute approximate surface area is 325 Å². The molecular formula is C42H35N5O6S2. The van der Waals surface area contributed by atoms with Gasteiger partial charge < -0.3 is 20.7 Å². The Morgan fingerprint density at radius 3 is 2.33 bits per heavy atom. The molecule has 1 atom stereocenters. The molecule has 0 saturated heterocycles. The summed E-state index contributed by atoms with van der Waals surface area (Å²) in [5.41, 5.74) is 3.65. The number of thioether (sulfide) groups is 1. The first-order valence-corrected chi connectivity index (χ1v) is 18.9. The number of non-ortho nitro benzene ring substituents is 1. The summed E-state index contributed by atoms with van der Waals surface area (Å²) >= 11 is 2.56. The molecule has 0 bridgehead atoms. The number of carbonyl (C=O) groups is 3. The van der Waals surface area contributed by atoms with Crippen molar-refractivity contribution in [3.8, 4) is 17.0 Å². The fraction of sp³-hybridized carbons (Fsp3) is 0.0952. The predicted molar refractivity (Wildman–Crippen MR) is 217 cm³/mol. The van der Waals surface area contributed by atoms with Crippen LogP contribution in [0.4, 0.5) is 16.5 Å². The van der Waals surface area contributed by atoms with Crippen LogP contribution in [0.3, 0.4) is 0 Å². The highest BCUT2D eigenvalue weighted by Gasteiger charge is 2.21. The summed E-state index contributed by atoms with van der Waals surface area (Å²) in [5, 5.41) is 21.3. The van der Waals surface area contributed by atoms with E-state index in [2.05, 4.69) is 20.9 Å². The maximum absolute atomic E-state index is 13.7. The third-order valence-electron chi connectivity index (χ3n) is 8.09. The number of amides is 3. The second-order valence-corrected chi connectivity index (χ2v) is 14.2. The van der Waals surface area contributed by atoms with Gasteiger partial charge in [0.25, 0.3) is 17.5 Å². The van der Waals surface area contributed by atoms with Gasteiger partial charge in [0.1, 0.15) is 18.1 Å². The molecule has 3 amide bonds. The van der Waals surface area contributed by atoms with Crippen molar-refractivity contribution in [3.63, 3.8) is 0 Å². The first kappa shape index (κ1) is 38.2. The average Bonchev–Trinajstić information content (AvgIpc) is 3.68. The third-order valence-corrected chi connectivity index (χ3v) is 10.2. The number of ether oxygens (including phenoxy) is 1. The summed E-state index contributed by atoms with van der Waals surface area (Å²) < 4.78 is 5.90. The number of benzene rings is 5. The van der Waals surface area contributed by atoms with E-state index in [4.69, 9.17) is 4.74 Å². The second kappa shape index (κ2) is 18.5. The number of nitro benzene ring substituents is 1. The van der Waals surface area contributed by atoms with Crippen LogP contribution >= 0.6 is 23.1 Å². The number of nitrogens with zero attached hydrogens (tertiary/aromatic N) is 2. The van der Waals surface area contributed by atoms with Crippen molar-refractivity contribution in [1.29, 1.82) is 0 Å². The first-order valence-electron chi connectivity index (χ1n) is 17.2. The van der Waals surface area contributed by atoms with Crippen molar-refractivity contribution in [3.05, 3.63) is 171 Å². The molecule has 276 valence electrons. The number of hydrogen-bond acceptors (Lipinski definition) is 9. The van der Waals surface area contributed by atoms with E-state index < -0.39 is 22.0 Å². The van der Waals surface area contributed by atoms with E-state index in [-0.39, 0.29) is 17.3 Å². The monoisotopic (exact) mass is 769 g/mol. The minimum Gasteiger partial charge on any atom is -0.489 e. The Morgan fingerprint density at radius 2 is 1.60 bits per heavy atom. The molecule has 1 unspecified atom stereocenters. The van der Waals surface area contributed by atoms with E-state index in [9.17, 15) is 24.5 Å². The lowest BCUT2D eigenvalue weighted by Crippen LogP contribution is -2.30. The lowest BCUT2D eigenvalue weighted by molar-refractivity contribution is -0.384. The number of rotatable bonds is 15. The van der Waals surface area contributed by atoms with Gasteiger partial charge in [0, 0.05) is 39.2 Å². The number of thiazole rings is 1. The Kier molecular flexibility index (Phi) is 12.8. The van der Waals surface area contributed by atoms with Crippen molar-refractivity contribution in [2.24, 2.45) is 0 Å². The van der Waals surface area contributed by atoms with Gasteiger partial charge in [0.05, 0.1) is 15.9 Å². The zero-order valence-electron chi connectivity index (χ0n) is 29.5. The molecule has 0 fully saturated rings. The maximum Gasteiger partial charge on any atom is 0.272 e. The molecule has 5 aromatic carbocycles. The smallest absolute Gasteiger partial charge is 0.272 e. The summed E-state index contributed by atoms with van der Waals surface area (Å²) in [7, 11) is 0. The van der Waals surface area contributed by atoms with Gasteiger partial charge in [-0.3, -0.25) is 24.5 Å². The quantitative estimate of drug-likeness (QED) is 0.0405. The van der Waals surface area contributed by atoms with Crippen molar-refractivity contribution >= 4 is 63.4 Å². The molecule has 0 aliphatic carbocycles. The van der Waals surface area contributed by atoms with Gasteiger partial charge in [-0.05, 0) is 66.1 Å². The number of aromatic nitrogens is 1. The normalized spacial score (nSPS) is 11.6. The van der Waals surface area contributed by atoms with E-state index in [0.29, 0.717) is 52.0 Å². The highest BCUT2D eigenvalue weighted by molar-refractivity contribution is 8.00. The van der Waals surface area contributed by atoms with E-state index >= 15 is 0 Å². The van der Waals surface area contributed by atoms with Gasteiger partial charge in [-0.25, -0.2) is 4.98 Å². The minimum absolute atomic E-state index is 0.0311. The van der Waals surface area contributed by atoms with Gasteiger partial charge in [-0.15, -0.1) is 23.1 Å². The lowest BCUT2D eigenvalue weighted by atomic mass is 10.1. The highest BCUT2D eigenvalue weighted by Crippen LogP contribution is 2.31. The van der Waals surface area contributed by atoms with E-state index in [1.165, 1.54) is 35.2 Å². The Morgan fingerprint density at radius 1 is 0.873 bits per heavy atom. The van der Waals surface area contributed by atoms with Gasteiger partial charge in [-0.1, -0.05) is 85.8 Å². The van der Waals surface area contributed by atoms with E-state index in [1.54, 1.807) is 96.4 Å². The topological polar surface area (TPSA) is 153 Å². The second-order valence-electron chi connectivity index (χ2n) is 12.1. The summed E-state index contributed by atoms with van der Waals surface area (Å²) in [6, 6.07) is 38.9. The number of hydrogen-bond donors (Lipinski definition) is 3. The molecule has 3 N–H and O–H groups in total. The molecule has 55 heavy (non-hydrogen) atoms. The molecule has 0 aliphatic rings. The molecule has 13 heteroatoms. The molecule has 1 aromatic heterocycles. The first-order chi connectivity index (χ1) is 26.7. The molecule has 0 saturated carbocycles. The van der Waals surface area contributed by atoms with Crippen molar-refractivity contribution in [1.82, 2.24) is 10.3 Å². The Bertz CT molecular complexity index is 2310. The van der Waals surface area contributed by atoms with Gasteiger partial charge in [0.2, 0.25) is 5.91 Å². The van der Waals surface area contributed by atoms with Gasteiger partial charge in [-0.2, -0.15) is 0 Å². The average molecular weight is 770 g/mol. The molecule has 6 aromatic rings. The predicted octanol–water partition coefficient (Wildman–Crippen LogP) is 9.22. The third kappa shape index (κ3) is 10.7. The minimum atomic E-state index is -0.538. The van der Waals surface area contributed by atoms with Crippen LogP contribution in [0.5, 0.6) is 5.75 Å². The summed E-state index contributed by atoms with van der Waals surface area (Å²) in [6.45, 7) is 2.31. The molecule has 1 heterocycles. The van der Waals surface area contributed by atoms with Gasteiger partial charge in [0.15, 0.2) is 5.13 Å². The van der Waals surface area contributed by atoms with Crippen LogP contribution in [0.25, 0.3) is 17.3 Å². The van der Waals surface area contributed by atoms with E-state index in [1.807, 2.05) is 43.3 Å². The van der Waals surface area contributed by atoms with Crippen LogP contribution in [0.15, 0.2) is 149 Å². The van der Waals surface area contributed by atoms with Crippen LogP contribution in [-0.2, 0) is 16.2 Å². The number of nitro groups is 1. The molecule has 0 spiro atoms.